The van der Waals surface area contributed by atoms with E-state index in [1.54, 1.807) is 6.92 Å². The van der Waals surface area contributed by atoms with E-state index in [1.165, 1.54) is 16.9 Å². The summed E-state index contributed by atoms with van der Waals surface area (Å²) in [5.74, 6) is -0.105. The second kappa shape index (κ2) is 5.46. The third-order valence-corrected chi connectivity index (χ3v) is 3.51. The van der Waals surface area contributed by atoms with Crippen molar-refractivity contribution in [2.24, 2.45) is 0 Å². The Morgan fingerprint density at radius 1 is 1.56 bits per heavy atom. The van der Waals surface area contributed by atoms with Gasteiger partial charge in [0.15, 0.2) is 5.13 Å². The van der Waals surface area contributed by atoms with E-state index in [9.17, 15) is 4.79 Å². The lowest BCUT2D eigenvalue weighted by Gasteiger charge is -2.03. The van der Waals surface area contributed by atoms with Gasteiger partial charge in [-0.2, -0.15) is 0 Å². The maximum atomic E-state index is 11.6. The molecule has 1 atom stereocenters. The second-order valence-electron chi connectivity index (χ2n) is 4.43. The zero-order valence-electron chi connectivity index (χ0n) is 10.4. The highest BCUT2D eigenvalue weighted by molar-refractivity contribution is 7.22. The lowest BCUT2D eigenvalue weighted by atomic mass is 10.2. The highest BCUT2D eigenvalue weighted by Crippen LogP contribution is 2.26. The molecule has 2 aromatic rings. The summed E-state index contributed by atoms with van der Waals surface area (Å²) in [4.78, 5) is 16.0. The number of fused-ring (bicyclic) bond motifs is 1. The van der Waals surface area contributed by atoms with Crippen molar-refractivity contribution in [3.8, 4) is 0 Å². The minimum Gasteiger partial charge on any atom is -0.393 e. The molecule has 2 rings (SSSR count). The number of aliphatic hydroxyl groups is 1. The molecule has 0 radical (unpaired) electrons. The van der Waals surface area contributed by atoms with Crippen LogP contribution in [0.5, 0.6) is 0 Å². The van der Waals surface area contributed by atoms with E-state index < -0.39 is 6.10 Å². The van der Waals surface area contributed by atoms with Gasteiger partial charge >= 0.3 is 0 Å². The summed E-state index contributed by atoms with van der Waals surface area (Å²) in [5.41, 5.74) is 2.08. The van der Waals surface area contributed by atoms with Gasteiger partial charge in [-0.3, -0.25) is 4.79 Å². The first-order valence-corrected chi connectivity index (χ1v) is 6.71. The van der Waals surface area contributed by atoms with E-state index in [4.69, 9.17) is 5.11 Å². The topological polar surface area (TPSA) is 62.2 Å². The summed E-state index contributed by atoms with van der Waals surface area (Å²) >= 11 is 1.47. The molecule has 1 amide bonds. The number of nitrogens with one attached hydrogen (secondary N) is 1. The van der Waals surface area contributed by atoms with Crippen LogP contribution in [0.15, 0.2) is 18.2 Å². The normalized spacial score (nSPS) is 12.6. The molecule has 0 bridgehead atoms. The molecular formula is C13H16N2O2S. The van der Waals surface area contributed by atoms with E-state index in [2.05, 4.69) is 16.4 Å². The molecule has 96 valence electrons. The first-order chi connectivity index (χ1) is 8.54. The molecule has 2 N–H and O–H groups in total. The molecule has 0 spiro atoms. The number of benzene rings is 1. The van der Waals surface area contributed by atoms with Crippen molar-refractivity contribution in [3.63, 3.8) is 0 Å². The largest absolute Gasteiger partial charge is 0.393 e. The Balaban J connectivity index is 2.05. The van der Waals surface area contributed by atoms with Crippen molar-refractivity contribution in [2.75, 3.05) is 5.32 Å². The molecule has 0 aliphatic heterocycles. The van der Waals surface area contributed by atoms with Gasteiger partial charge in [0.2, 0.25) is 5.91 Å². The summed E-state index contributed by atoms with van der Waals surface area (Å²) in [7, 11) is 0. The van der Waals surface area contributed by atoms with Crippen LogP contribution in [0.3, 0.4) is 0 Å². The second-order valence-corrected chi connectivity index (χ2v) is 5.46. The number of carbonyl (C=O) groups is 1. The number of amides is 1. The minimum absolute atomic E-state index is 0.105. The number of carbonyl (C=O) groups excluding carboxylic acids is 1. The number of aliphatic hydroxyl groups excluding tert-OH is 1. The monoisotopic (exact) mass is 264 g/mol. The van der Waals surface area contributed by atoms with Gasteiger partial charge in [-0.15, -0.1) is 0 Å². The molecular weight excluding hydrogens is 248 g/mol. The van der Waals surface area contributed by atoms with E-state index in [0.717, 1.165) is 10.2 Å². The quantitative estimate of drug-likeness (QED) is 0.892. The molecule has 4 nitrogen and oxygen atoms in total. The summed E-state index contributed by atoms with van der Waals surface area (Å²) in [6.07, 6.45) is 0.330. The van der Waals surface area contributed by atoms with Crippen LogP contribution in [0.1, 0.15) is 25.3 Å². The van der Waals surface area contributed by atoms with Gasteiger partial charge in [0.1, 0.15) is 0 Å². The number of rotatable bonds is 4. The van der Waals surface area contributed by atoms with E-state index in [-0.39, 0.29) is 5.91 Å². The van der Waals surface area contributed by atoms with Crippen molar-refractivity contribution >= 4 is 32.6 Å². The number of anilines is 1. The Labute approximate surface area is 110 Å². The van der Waals surface area contributed by atoms with Crippen molar-refractivity contribution in [2.45, 2.75) is 32.8 Å². The Kier molecular flexibility index (Phi) is 3.93. The third-order valence-electron chi connectivity index (χ3n) is 2.58. The van der Waals surface area contributed by atoms with Crippen molar-refractivity contribution in [1.29, 1.82) is 0 Å². The van der Waals surface area contributed by atoms with Crippen LogP contribution >= 0.6 is 11.3 Å². The van der Waals surface area contributed by atoms with Gasteiger partial charge in [-0.25, -0.2) is 4.98 Å². The summed E-state index contributed by atoms with van der Waals surface area (Å²) in [6.45, 7) is 3.70. The van der Waals surface area contributed by atoms with Crippen LogP contribution in [-0.4, -0.2) is 22.1 Å². The summed E-state index contributed by atoms with van der Waals surface area (Å²) < 4.78 is 1.07. The average molecular weight is 264 g/mol. The number of hydrogen-bond acceptors (Lipinski definition) is 4. The Hall–Kier alpha value is -1.46. The fourth-order valence-corrected chi connectivity index (χ4v) is 2.59. The molecule has 1 aromatic heterocycles. The Bertz CT molecular complexity index is 563. The predicted molar refractivity (Wildman–Crippen MR) is 73.9 cm³/mol. The van der Waals surface area contributed by atoms with Gasteiger partial charge in [0.05, 0.1) is 16.3 Å². The average Bonchev–Trinajstić information content (AvgIpc) is 2.67. The molecule has 5 heteroatoms. The van der Waals surface area contributed by atoms with Crippen LogP contribution in [0.25, 0.3) is 10.2 Å². The highest BCUT2D eigenvalue weighted by atomic mass is 32.1. The molecule has 1 unspecified atom stereocenters. The predicted octanol–water partition coefficient (Wildman–Crippen LogP) is 2.70. The smallest absolute Gasteiger partial charge is 0.226 e. The van der Waals surface area contributed by atoms with Gasteiger partial charge < -0.3 is 10.4 Å². The van der Waals surface area contributed by atoms with Crippen molar-refractivity contribution in [3.05, 3.63) is 23.8 Å². The van der Waals surface area contributed by atoms with Crippen LogP contribution in [-0.2, 0) is 4.79 Å². The number of thiazole rings is 1. The fraction of sp³-hybridized carbons (Fsp3) is 0.385. The molecule has 0 fully saturated rings. The Morgan fingerprint density at radius 2 is 2.33 bits per heavy atom. The number of hydrogen-bond donors (Lipinski definition) is 2. The lowest BCUT2D eigenvalue weighted by Crippen LogP contribution is -2.13. The third kappa shape index (κ3) is 3.27. The molecule has 1 aromatic carbocycles. The number of aryl methyl sites for hydroxylation is 1. The van der Waals surface area contributed by atoms with E-state index in [0.29, 0.717) is 18.0 Å². The minimum atomic E-state index is -0.450. The first-order valence-electron chi connectivity index (χ1n) is 5.89. The zero-order valence-corrected chi connectivity index (χ0v) is 11.3. The van der Waals surface area contributed by atoms with Gasteiger partial charge in [0.25, 0.3) is 0 Å². The number of nitrogens with zero attached hydrogens (tertiary/aromatic N) is 1. The lowest BCUT2D eigenvalue weighted by molar-refractivity contribution is -0.116. The summed E-state index contributed by atoms with van der Waals surface area (Å²) in [6, 6.07) is 6.01. The maximum Gasteiger partial charge on any atom is 0.226 e. The molecule has 0 aliphatic rings. The molecule has 0 aliphatic carbocycles. The van der Waals surface area contributed by atoms with Crippen LogP contribution in [0, 0.1) is 6.92 Å². The Morgan fingerprint density at radius 3 is 3.06 bits per heavy atom. The molecule has 0 saturated heterocycles. The first kappa shape index (κ1) is 13.0. The van der Waals surface area contributed by atoms with Gasteiger partial charge in [0, 0.05) is 6.42 Å². The van der Waals surface area contributed by atoms with Crippen molar-refractivity contribution in [1.82, 2.24) is 4.98 Å². The zero-order chi connectivity index (χ0) is 13.1. The van der Waals surface area contributed by atoms with E-state index in [1.807, 2.05) is 19.1 Å². The number of aromatic nitrogens is 1. The van der Waals surface area contributed by atoms with E-state index >= 15 is 0 Å². The van der Waals surface area contributed by atoms with Gasteiger partial charge in [-0.1, -0.05) is 17.4 Å². The van der Waals surface area contributed by atoms with Crippen molar-refractivity contribution < 1.29 is 9.90 Å². The van der Waals surface area contributed by atoms with Gasteiger partial charge in [-0.05, 0) is 38.0 Å². The van der Waals surface area contributed by atoms with Crippen LogP contribution < -0.4 is 5.32 Å². The summed E-state index contributed by atoms with van der Waals surface area (Å²) in [5, 5.41) is 12.5. The SMILES string of the molecule is Cc1ccc2nc(NC(=O)CCC(C)O)sc2c1. The standard InChI is InChI=1S/C13H16N2O2S/c1-8-3-5-10-11(7-8)18-13(14-10)15-12(17)6-4-9(2)16/h3,5,7,9,16H,4,6H2,1-2H3,(H,14,15,17). The van der Waals surface area contributed by atoms with Crippen LogP contribution in [0.4, 0.5) is 5.13 Å². The fourth-order valence-electron chi connectivity index (χ4n) is 1.61. The molecule has 18 heavy (non-hydrogen) atoms. The highest BCUT2D eigenvalue weighted by Gasteiger charge is 2.08. The molecule has 0 saturated carbocycles. The van der Waals surface area contributed by atoms with Crippen LogP contribution in [0.2, 0.25) is 0 Å². The molecule has 1 heterocycles. The maximum absolute atomic E-state index is 11.6.